The Balaban J connectivity index is 4.36. The molecule has 0 heterocycles. The van der Waals surface area contributed by atoms with E-state index in [0.29, 0.717) is 6.42 Å². The first-order valence-corrected chi connectivity index (χ1v) is 5.77. The minimum Gasteiger partial charge on any atom is -0.326 e. The molecule has 0 aromatic heterocycles. The lowest BCUT2D eigenvalue weighted by Crippen LogP contribution is -2.39. The van der Waals surface area contributed by atoms with Gasteiger partial charge in [0.1, 0.15) is 0 Å². The lowest BCUT2D eigenvalue weighted by Gasteiger charge is -2.31. The van der Waals surface area contributed by atoms with E-state index in [9.17, 15) is 0 Å². The summed E-state index contributed by atoms with van der Waals surface area (Å²) in [5.41, 5.74) is 0. The summed E-state index contributed by atoms with van der Waals surface area (Å²) in [5, 5.41) is 25.4. The topological polar surface area (TPSA) is 99.1 Å². The maximum absolute atomic E-state index is 8.47. The van der Waals surface area contributed by atoms with Crippen LogP contribution < -0.4 is 0 Å². The van der Waals surface area contributed by atoms with Gasteiger partial charge in [0, 0.05) is 6.42 Å². The first-order valence-electron chi connectivity index (χ1n) is 5.77. The van der Waals surface area contributed by atoms with Gasteiger partial charge in [-0.2, -0.15) is 15.8 Å². The summed E-state index contributed by atoms with van der Waals surface area (Å²) in [6, 6.07) is 5.87. The van der Waals surface area contributed by atoms with E-state index in [-0.39, 0.29) is 39.1 Å². The molecule has 0 unspecified atom stereocenters. The van der Waals surface area contributed by atoms with Crippen LogP contribution in [0.4, 0.5) is 0 Å². The second-order valence-electron chi connectivity index (χ2n) is 3.31. The van der Waals surface area contributed by atoms with Gasteiger partial charge in [-0.25, -0.2) is 0 Å². The van der Waals surface area contributed by atoms with E-state index in [0.717, 1.165) is 0 Å². The number of rotatable bonds is 10. The van der Waals surface area contributed by atoms with Crippen LogP contribution >= 0.6 is 0 Å². The molecule has 18 heavy (non-hydrogen) atoms. The fourth-order valence-electron chi connectivity index (χ4n) is 1.19. The van der Waals surface area contributed by atoms with Crippen molar-refractivity contribution in [2.75, 3.05) is 19.8 Å². The van der Waals surface area contributed by atoms with Crippen LogP contribution in [0.1, 0.15) is 32.6 Å². The van der Waals surface area contributed by atoms with E-state index in [1.165, 1.54) is 0 Å². The Morgan fingerprint density at radius 3 is 1.33 bits per heavy atom. The quantitative estimate of drug-likeness (QED) is 0.434. The van der Waals surface area contributed by atoms with E-state index in [4.69, 9.17) is 30.0 Å². The first kappa shape index (κ1) is 16.4. The molecule has 0 saturated carbocycles. The Hall–Kier alpha value is -1.65. The summed E-state index contributed by atoms with van der Waals surface area (Å²) in [7, 11) is 0. The standard InChI is InChI=1S/C12H17N3O3/c1-2-12(16-9-3-6-13,17-10-4-7-14)18-11-5-8-15/h2-5,9-11H2,1H3. The molecule has 0 bridgehead atoms. The molecular formula is C12H17N3O3. The summed E-state index contributed by atoms with van der Waals surface area (Å²) in [6.07, 6.45) is 1.09. The summed E-state index contributed by atoms with van der Waals surface area (Å²) in [5.74, 6) is -1.26. The third kappa shape index (κ3) is 6.83. The van der Waals surface area contributed by atoms with Gasteiger partial charge >= 0.3 is 0 Å². The number of hydrogen-bond donors (Lipinski definition) is 0. The summed E-state index contributed by atoms with van der Waals surface area (Å²) in [6.45, 7) is 2.36. The molecule has 98 valence electrons. The second-order valence-corrected chi connectivity index (χ2v) is 3.31. The average Bonchev–Trinajstić information content (AvgIpc) is 2.39. The smallest absolute Gasteiger partial charge is 0.282 e. The third-order valence-electron chi connectivity index (χ3n) is 2.04. The van der Waals surface area contributed by atoms with Gasteiger partial charge in [0.15, 0.2) is 0 Å². The number of ether oxygens (including phenoxy) is 3. The molecule has 0 amide bonds. The Labute approximate surface area is 107 Å². The predicted molar refractivity (Wildman–Crippen MR) is 61.6 cm³/mol. The van der Waals surface area contributed by atoms with Crippen LogP contribution in [0.2, 0.25) is 0 Å². The minimum absolute atomic E-state index is 0.184. The van der Waals surface area contributed by atoms with Gasteiger partial charge in [0.05, 0.1) is 57.3 Å². The molecular weight excluding hydrogens is 234 g/mol. The largest absolute Gasteiger partial charge is 0.326 e. The van der Waals surface area contributed by atoms with Crippen LogP contribution in [-0.2, 0) is 14.2 Å². The highest BCUT2D eigenvalue weighted by Gasteiger charge is 2.31. The molecule has 0 atom stereocenters. The van der Waals surface area contributed by atoms with Crippen molar-refractivity contribution in [2.24, 2.45) is 0 Å². The SMILES string of the molecule is CCC(OCCC#N)(OCCC#N)OCCC#N. The molecule has 6 nitrogen and oxygen atoms in total. The van der Waals surface area contributed by atoms with E-state index in [1.807, 2.05) is 25.1 Å². The monoisotopic (exact) mass is 251 g/mol. The third-order valence-corrected chi connectivity index (χ3v) is 2.04. The maximum atomic E-state index is 8.47. The van der Waals surface area contributed by atoms with Crippen molar-refractivity contribution in [3.8, 4) is 18.2 Å². The van der Waals surface area contributed by atoms with Gasteiger partial charge in [-0.15, -0.1) is 0 Å². The molecule has 6 heteroatoms. The zero-order valence-electron chi connectivity index (χ0n) is 10.5. The number of hydrogen-bond acceptors (Lipinski definition) is 6. The molecule has 0 radical (unpaired) electrons. The Morgan fingerprint density at radius 1 is 0.778 bits per heavy atom. The predicted octanol–water partition coefficient (Wildman–Crippen LogP) is 1.84. The van der Waals surface area contributed by atoms with Crippen LogP contribution in [0.25, 0.3) is 0 Å². The zero-order chi connectivity index (χ0) is 13.7. The van der Waals surface area contributed by atoms with Gasteiger partial charge in [-0.05, 0) is 0 Å². The van der Waals surface area contributed by atoms with Crippen molar-refractivity contribution in [3.63, 3.8) is 0 Å². The lowest BCUT2D eigenvalue weighted by atomic mass is 10.4. The van der Waals surface area contributed by atoms with Crippen molar-refractivity contribution < 1.29 is 14.2 Å². The second kappa shape index (κ2) is 10.5. The van der Waals surface area contributed by atoms with E-state index in [1.54, 1.807) is 0 Å². The highest BCUT2D eigenvalue weighted by molar-refractivity contribution is 4.72. The average molecular weight is 251 g/mol. The van der Waals surface area contributed by atoms with Crippen LogP contribution in [0.3, 0.4) is 0 Å². The van der Waals surface area contributed by atoms with Crippen molar-refractivity contribution in [2.45, 2.75) is 38.6 Å². The molecule has 0 aliphatic heterocycles. The van der Waals surface area contributed by atoms with Crippen molar-refractivity contribution in [1.29, 1.82) is 15.8 Å². The first-order chi connectivity index (χ1) is 8.74. The van der Waals surface area contributed by atoms with Gasteiger partial charge in [0.2, 0.25) is 0 Å². The molecule has 0 N–H and O–H groups in total. The Morgan fingerprint density at radius 2 is 1.11 bits per heavy atom. The summed E-state index contributed by atoms with van der Waals surface area (Å²) < 4.78 is 16.3. The normalized spacial score (nSPS) is 10.3. The zero-order valence-corrected chi connectivity index (χ0v) is 10.5. The fourth-order valence-corrected chi connectivity index (χ4v) is 1.19. The minimum atomic E-state index is -1.26. The highest BCUT2D eigenvalue weighted by atomic mass is 16.9. The molecule has 0 rings (SSSR count). The molecule has 0 spiro atoms. The van der Waals surface area contributed by atoms with Crippen LogP contribution in [0, 0.1) is 34.0 Å². The van der Waals surface area contributed by atoms with E-state index < -0.39 is 5.97 Å². The highest BCUT2D eigenvalue weighted by Crippen LogP contribution is 2.21. The summed E-state index contributed by atoms with van der Waals surface area (Å²) >= 11 is 0. The fraction of sp³-hybridized carbons (Fsp3) is 0.750. The number of nitrogens with zero attached hydrogens (tertiary/aromatic N) is 3. The van der Waals surface area contributed by atoms with E-state index in [2.05, 4.69) is 0 Å². The van der Waals surface area contributed by atoms with Gasteiger partial charge < -0.3 is 14.2 Å². The summed E-state index contributed by atoms with van der Waals surface area (Å²) in [4.78, 5) is 0. The van der Waals surface area contributed by atoms with Crippen LogP contribution in [-0.4, -0.2) is 25.8 Å². The Kier molecular flexibility index (Phi) is 9.54. The molecule has 0 saturated heterocycles. The van der Waals surface area contributed by atoms with Crippen LogP contribution in [0.5, 0.6) is 0 Å². The molecule has 0 fully saturated rings. The lowest BCUT2D eigenvalue weighted by molar-refractivity contribution is -0.380. The van der Waals surface area contributed by atoms with Gasteiger partial charge in [-0.1, -0.05) is 6.92 Å². The number of nitriles is 3. The van der Waals surface area contributed by atoms with Crippen molar-refractivity contribution in [1.82, 2.24) is 0 Å². The molecule has 0 aromatic carbocycles. The van der Waals surface area contributed by atoms with E-state index >= 15 is 0 Å². The van der Waals surface area contributed by atoms with Crippen molar-refractivity contribution in [3.05, 3.63) is 0 Å². The maximum Gasteiger partial charge on any atom is 0.282 e. The Bertz CT molecular complexity index is 288. The molecule has 0 aliphatic carbocycles. The molecule has 0 aliphatic rings. The van der Waals surface area contributed by atoms with Crippen LogP contribution in [0.15, 0.2) is 0 Å². The van der Waals surface area contributed by atoms with Gasteiger partial charge in [-0.3, -0.25) is 0 Å². The van der Waals surface area contributed by atoms with Gasteiger partial charge in [0.25, 0.3) is 5.97 Å². The molecule has 0 aromatic rings. The van der Waals surface area contributed by atoms with Crippen molar-refractivity contribution >= 4 is 0 Å².